The van der Waals surface area contributed by atoms with Crippen LogP contribution in [-0.2, 0) is 11.2 Å². The van der Waals surface area contributed by atoms with E-state index >= 15 is 0 Å². The summed E-state index contributed by atoms with van der Waals surface area (Å²) in [5.41, 5.74) is 7.73. The first-order chi connectivity index (χ1) is 7.09. The molecule has 0 aliphatic carbocycles. The van der Waals surface area contributed by atoms with E-state index in [2.05, 4.69) is 6.58 Å². The molecule has 0 heterocycles. The highest BCUT2D eigenvalue weighted by atomic mass is 16.1. The lowest BCUT2D eigenvalue weighted by Crippen LogP contribution is -2.11. The molecular weight excluding hydrogens is 186 g/mol. The summed E-state index contributed by atoms with van der Waals surface area (Å²) >= 11 is 0. The molecule has 2 nitrogen and oxygen atoms in total. The fraction of sp³-hybridized carbons (Fsp3) is 0.154. The monoisotopic (exact) mass is 201 g/mol. The van der Waals surface area contributed by atoms with Crippen LogP contribution in [0.25, 0.3) is 0 Å². The van der Waals surface area contributed by atoms with Gasteiger partial charge in [-0.2, -0.15) is 0 Å². The van der Waals surface area contributed by atoms with E-state index < -0.39 is 5.91 Å². The average Bonchev–Trinajstić information content (AvgIpc) is 2.18. The van der Waals surface area contributed by atoms with E-state index in [-0.39, 0.29) is 0 Å². The van der Waals surface area contributed by atoms with Crippen LogP contribution in [0.2, 0.25) is 0 Å². The van der Waals surface area contributed by atoms with Crippen molar-refractivity contribution < 1.29 is 4.79 Å². The van der Waals surface area contributed by atoms with Gasteiger partial charge in [-0.25, -0.2) is 0 Å². The summed E-state index contributed by atoms with van der Waals surface area (Å²) in [5.74, 6) is -0.399. The molecule has 0 spiro atoms. The molecule has 0 radical (unpaired) electrons. The summed E-state index contributed by atoms with van der Waals surface area (Å²) in [4.78, 5) is 10.8. The maximum Gasteiger partial charge on any atom is 0.244 e. The van der Waals surface area contributed by atoms with Crippen LogP contribution in [0, 0.1) is 0 Å². The van der Waals surface area contributed by atoms with Crippen molar-refractivity contribution in [1.82, 2.24) is 0 Å². The Balaban J connectivity index is 2.65. The van der Waals surface area contributed by atoms with E-state index in [1.165, 1.54) is 5.56 Å². The van der Waals surface area contributed by atoms with Crippen LogP contribution in [0.1, 0.15) is 12.5 Å². The maximum atomic E-state index is 10.8. The molecule has 1 aromatic rings. The number of allylic oxidation sites excluding steroid dienone is 2. The first-order valence-corrected chi connectivity index (χ1v) is 4.79. The predicted octanol–water partition coefficient (Wildman–Crippen LogP) is 2.22. The van der Waals surface area contributed by atoms with Gasteiger partial charge < -0.3 is 5.73 Å². The third kappa shape index (κ3) is 3.81. The van der Waals surface area contributed by atoms with Crippen LogP contribution in [0.3, 0.4) is 0 Å². The lowest BCUT2D eigenvalue weighted by Gasteiger charge is -2.01. The van der Waals surface area contributed by atoms with Gasteiger partial charge in [0, 0.05) is 5.57 Å². The number of primary amides is 1. The van der Waals surface area contributed by atoms with Crippen molar-refractivity contribution in [2.45, 2.75) is 13.3 Å². The molecule has 1 aromatic carbocycles. The Morgan fingerprint density at radius 3 is 2.53 bits per heavy atom. The second-order valence-electron chi connectivity index (χ2n) is 3.51. The van der Waals surface area contributed by atoms with Gasteiger partial charge in [0.25, 0.3) is 0 Å². The standard InChI is InChI=1S/C13H15NO/c1-10(8-11(2)13(14)15)9-12-6-4-3-5-7-12/h3-8H,1,9H2,2H3,(H2,14,15)/b11-8+. The largest absolute Gasteiger partial charge is 0.366 e. The van der Waals surface area contributed by atoms with E-state index in [9.17, 15) is 4.79 Å². The van der Waals surface area contributed by atoms with Gasteiger partial charge in [0.15, 0.2) is 0 Å². The molecular formula is C13H15NO. The third-order valence-corrected chi connectivity index (χ3v) is 2.08. The second kappa shape index (κ2) is 5.15. The number of rotatable bonds is 4. The first kappa shape index (κ1) is 11.2. The van der Waals surface area contributed by atoms with Crippen LogP contribution < -0.4 is 5.73 Å². The van der Waals surface area contributed by atoms with Crippen LogP contribution in [0.5, 0.6) is 0 Å². The van der Waals surface area contributed by atoms with Gasteiger partial charge in [-0.05, 0) is 18.9 Å². The molecule has 0 saturated carbocycles. The normalized spacial score (nSPS) is 11.1. The number of nitrogens with two attached hydrogens (primary N) is 1. The van der Waals surface area contributed by atoms with E-state index in [0.29, 0.717) is 5.57 Å². The number of carbonyl (C=O) groups excluding carboxylic acids is 1. The first-order valence-electron chi connectivity index (χ1n) is 4.79. The Kier molecular flexibility index (Phi) is 3.86. The lowest BCUT2D eigenvalue weighted by molar-refractivity contribution is -0.114. The van der Waals surface area contributed by atoms with Crippen molar-refractivity contribution in [3.8, 4) is 0 Å². The minimum Gasteiger partial charge on any atom is -0.366 e. The van der Waals surface area contributed by atoms with Crippen LogP contribution in [0.15, 0.2) is 54.1 Å². The van der Waals surface area contributed by atoms with Gasteiger partial charge in [0.2, 0.25) is 5.91 Å². The minimum atomic E-state index is -0.399. The molecule has 0 aromatic heterocycles. The Bertz CT molecular complexity index is 390. The molecule has 15 heavy (non-hydrogen) atoms. The zero-order valence-corrected chi connectivity index (χ0v) is 8.86. The van der Waals surface area contributed by atoms with Crippen molar-refractivity contribution >= 4 is 5.91 Å². The molecule has 1 amide bonds. The van der Waals surface area contributed by atoms with E-state index in [1.807, 2.05) is 30.3 Å². The molecule has 0 saturated heterocycles. The average molecular weight is 201 g/mol. The summed E-state index contributed by atoms with van der Waals surface area (Å²) in [6.45, 7) is 5.58. The van der Waals surface area contributed by atoms with Gasteiger partial charge in [0.05, 0.1) is 0 Å². The highest BCUT2D eigenvalue weighted by Crippen LogP contribution is 2.09. The van der Waals surface area contributed by atoms with Crippen LogP contribution in [0.4, 0.5) is 0 Å². The van der Waals surface area contributed by atoms with Gasteiger partial charge in [-0.1, -0.05) is 48.6 Å². The Hall–Kier alpha value is -1.83. The molecule has 0 atom stereocenters. The molecule has 0 aliphatic heterocycles. The number of hydrogen-bond donors (Lipinski definition) is 1. The number of amides is 1. The summed E-state index contributed by atoms with van der Waals surface area (Å²) in [6, 6.07) is 9.98. The highest BCUT2D eigenvalue weighted by Gasteiger charge is 1.99. The van der Waals surface area contributed by atoms with Crippen LogP contribution >= 0.6 is 0 Å². The van der Waals surface area contributed by atoms with Gasteiger partial charge in [0.1, 0.15) is 0 Å². The SMILES string of the molecule is C=C(/C=C(\C)C(N)=O)Cc1ccccc1. The van der Waals surface area contributed by atoms with Crippen LogP contribution in [-0.4, -0.2) is 5.91 Å². The summed E-state index contributed by atoms with van der Waals surface area (Å²) in [7, 11) is 0. The molecule has 2 N–H and O–H groups in total. The summed E-state index contributed by atoms with van der Waals surface area (Å²) < 4.78 is 0. The van der Waals surface area contributed by atoms with Crippen molar-refractivity contribution in [1.29, 1.82) is 0 Å². The maximum absolute atomic E-state index is 10.8. The van der Waals surface area contributed by atoms with E-state index in [1.54, 1.807) is 13.0 Å². The molecule has 0 aliphatic rings. The molecule has 0 unspecified atom stereocenters. The minimum absolute atomic E-state index is 0.399. The van der Waals surface area contributed by atoms with Crippen molar-refractivity contribution in [3.63, 3.8) is 0 Å². The summed E-state index contributed by atoms with van der Waals surface area (Å²) in [5, 5.41) is 0. The predicted molar refractivity (Wildman–Crippen MR) is 62.2 cm³/mol. The van der Waals surface area contributed by atoms with Crippen molar-refractivity contribution in [3.05, 3.63) is 59.7 Å². The van der Waals surface area contributed by atoms with Gasteiger partial charge in [-0.3, -0.25) is 4.79 Å². The third-order valence-electron chi connectivity index (χ3n) is 2.08. The smallest absolute Gasteiger partial charge is 0.244 e. The Morgan fingerprint density at radius 2 is 2.00 bits per heavy atom. The molecule has 2 heteroatoms. The number of carbonyl (C=O) groups is 1. The van der Waals surface area contributed by atoms with Crippen molar-refractivity contribution in [2.24, 2.45) is 5.73 Å². The quantitative estimate of drug-likeness (QED) is 0.589. The summed E-state index contributed by atoms with van der Waals surface area (Å²) in [6.07, 6.45) is 2.47. The van der Waals surface area contributed by atoms with Gasteiger partial charge >= 0.3 is 0 Å². The molecule has 0 fully saturated rings. The van der Waals surface area contributed by atoms with Gasteiger partial charge in [-0.15, -0.1) is 0 Å². The Morgan fingerprint density at radius 1 is 1.40 bits per heavy atom. The molecule has 1 rings (SSSR count). The number of hydrogen-bond acceptors (Lipinski definition) is 1. The Labute approximate surface area is 90.1 Å². The zero-order valence-electron chi connectivity index (χ0n) is 8.86. The molecule has 0 bridgehead atoms. The fourth-order valence-corrected chi connectivity index (χ4v) is 1.29. The lowest BCUT2D eigenvalue weighted by atomic mass is 10.0. The number of benzene rings is 1. The zero-order chi connectivity index (χ0) is 11.3. The fourth-order valence-electron chi connectivity index (χ4n) is 1.29. The second-order valence-corrected chi connectivity index (χ2v) is 3.51. The van der Waals surface area contributed by atoms with E-state index in [4.69, 9.17) is 5.73 Å². The molecule has 78 valence electrons. The topological polar surface area (TPSA) is 43.1 Å². The highest BCUT2D eigenvalue weighted by molar-refractivity contribution is 5.91. The van der Waals surface area contributed by atoms with E-state index in [0.717, 1.165) is 12.0 Å². The van der Waals surface area contributed by atoms with Crippen molar-refractivity contribution in [2.75, 3.05) is 0 Å².